The van der Waals surface area contributed by atoms with Gasteiger partial charge in [-0.25, -0.2) is 4.79 Å². The number of amides is 1. The van der Waals surface area contributed by atoms with Crippen LogP contribution in [0, 0.1) is 6.92 Å². The number of hydrogen-bond acceptors (Lipinski definition) is 6. The number of esters is 1. The van der Waals surface area contributed by atoms with Crippen LogP contribution in [-0.4, -0.2) is 30.4 Å². The third kappa shape index (κ3) is 5.32. The molecule has 0 atom stereocenters. The van der Waals surface area contributed by atoms with Crippen molar-refractivity contribution < 1.29 is 23.6 Å². The molecular weight excluding hydrogens is 480 g/mol. The fraction of sp³-hybridized carbons (Fsp3) is 0.258. The Labute approximate surface area is 221 Å². The quantitative estimate of drug-likeness (QED) is 0.252. The minimum Gasteiger partial charge on any atom is -0.465 e. The molecule has 1 heterocycles. The minimum atomic E-state index is -0.554. The van der Waals surface area contributed by atoms with E-state index in [0.29, 0.717) is 30.2 Å². The highest BCUT2D eigenvalue weighted by Crippen LogP contribution is 2.49. The molecule has 0 aliphatic heterocycles. The van der Waals surface area contributed by atoms with Crippen LogP contribution in [0.3, 0.4) is 0 Å². The van der Waals surface area contributed by atoms with Crippen LogP contribution < -0.4 is 5.32 Å². The van der Waals surface area contributed by atoms with E-state index in [2.05, 4.69) is 10.5 Å². The Morgan fingerprint density at radius 1 is 0.895 bits per heavy atom. The van der Waals surface area contributed by atoms with Gasteiger partial charge >= 0.3 is 12.1 Å². The first-order valence-corrected chi connectivity index (χ1v) is 12.8. The van der Waals surface area contributed by atoms with Gasteiger partial charge in [-0.05, 0) is 48.9 Å². The third-order valence-electron chi connectivity index (χ3n) is 6.89. The lowest BCUT2D eigenvalue weighted by atomic mass is 9.93. The standard InChI is InChI=1S/C31H30N2O5/c1-3-36-29(34)31(18-19-31)26-15-13-24(14-16-26)23-9-11-25(12-10-23)28-27(21(2)33-38-28)32-30(35)37-20-17-22-7-5-4-6-8-22/h4-16H,3,17-20H2,1-2H3,(H,32,35). The minimum absolute atomic E-state index is 0.135. The molecule has 0 saturated heterocycles. The van der Waals surface area contributed by atoms with Crippen LogP contribution in [-0.2, 0) is 26.1 Å². The van der Waals surface area contributed by atoms with Gasteiger partial charge in [0.2, 0.25) is 0 Å². The van der Waals surface area contributed by atoms with Crippen LogP contribution in [0.15, 0.2) is 83.4 Å². The topological polar surface area (TPSA) is 90.7 Å². The average molecular weight is 511 g/mol. The van der Waals surface area contributed by atoms with Crippen LogP contribution in [0.4, 0.5) is 10.5 Å². The number of ether oxygens (including phenoxy) is 2. The molecule has 7 nitrogen and oxygen atoms in total. The number of hydrogen-bond donors (Lipinski definition) is 1. The Bertz CT molecular complexity index is 1410. The van der Waals surface area contributed by atoms with Crippen molar-refractivity contribution in [2.75, 3.05) is 18.5 Å². The molecule has 1 aliphatic rings. The number of benzene rings is 3. The normalized spacial score (nSPS) is 13.5. The second-order valence-corrected chi connectivity index (χ2v) is 9.43. The molecule has 38 heavy (non-hydrogen) atoms. The van der Waals surface area contributed by atoms with Crippen molar-refractivity contribution in [3.05, 3.63) is 95.7 Å². The van der Waals surface area contributed by atoms with Gasteiger partial charge in [-0.15, -0.1) is 0 Å². The maximum atomic E-state index is 12.4. The molecule has 1 aromatic heterocycles. The number of carbonyl (C=O) groups excluding carboxylic acids is 2. The molecule has 1 fully saturated rings. The first kappa shape index (κ1) is 25.3. The van der Waals surface area contributed by atoms with Gasteiger partial charge in [0.05, 0.1) is 18.6 Å². The summed E-state index contributed by atoms with van der Waals surface area (Å²) in [7, 11) is 0. The van der Waals surface area contributed by atoms with Crippen molar-refractivity contribution in [2.45, 2.75) is 38.5 Å². The largest absolute Gasteiger partial charge is 0.465 e. The summed E-state index contributed by atoms with van der Waals surface area (Å²) in [5.41, 5.74) is 5.51. The van der Waals surface area contributed by atoms with Crippen molar-refractivity contribution in [3.63, 3.8) is 0 Å². The summed E-state index contributed by atoms with van der Waals surface area (Å²) in [6.45, 7) is 4.26. The number of nitrogens with one attached hydrogen (secondary N) is 1. The number of carbonyl (C=O) groups is 2. The molecule has 5 rings (SSSR count). The van der Waals surface area contributed by atoms with E-state index in [9.17, 15) is 9.59 Å². The molecule has 1 N–H and O–H groups in total. The van der Waals surface area contributed by atoms with Gasteiger partial charge in [0.1, 0.15) is 11.4 Å². The van der Waals surface area contributed by atoms with Crippen molar-refractivity contribution >= 4 is 17.7 Å². The highest BCUT2D eigenvalue weighted by atomic mass is 16.5. The van der Waals surface area contributed by atoms with E-state index >= 15 is 0 Å². The highest BCUT2D eigenvalue weighted by molar-refractivity contribution is 5.91. The van der Waals surface area contributed by atoms with Crippen molar-refractivity contribution in [1.29, 1.82) is 0 Å². The maximum absolute atomic E-state index is 12.4. The van der Waals surface area contributed by atoms with Crippen LogP contribution in [0.1, 0.15) is 36.6 Å². The van der Waals surface area contributed by atoms with Gasteiger partial charge in [0.15, 0.2) is 5.76 Å². The molecule has 0 bridgehead atoms. The SMILES string of the molecule is CCOC(=O)C1(c2ccc(-c3ccc(-c4onc(C)c4NC(=O)OCCc4ccccc4)cc3)cc2)CC1. The molecule has 1 amide bonds. The Morgan fingerprint density at radius 3 is 2.16 bits per heavy atom. The fourth-order valence-electron chi connectivity index (χ4n) is 4.56. The van der Waals surface area contributed by atoms with Gasteiger partial charge < -0.3 is 14.0 Å². The Balaban J connectivity index is 1.24. The summed E-state index contributed by atoms with van der Waals surface area (Å²) in [4.78, 5) is 24.8. The van der Waals surface area contributed by atoms with Crippen LogP contribution >= 0.6 is 0 Å². The van der Waals surface area contributed by atoms with Gasteiger partial charge in [0.25, 0.3) is 0 Å². The second-order valence-electron chi connectivity index (χ2n) is 9.43. The number of nitrogens with zero attached hydrogens (tertiary/aromatic N) is 1. The van der Waals surface area contributed by atoms with Crippen LogP contribution in [0.2, 0.25) is 0 Å². The lowest BCUT2D eigenvalue weighted by Gasteiger charge is -2.14. The van der Waals surface area contributed by atoms with Crippen LogP contribution in [0.25, 0.3) is 22.5 Å². The zero-order chi connectivity index (χ0) is 26.5. The van der Waals surface area contributed by atoms with Crippen LogP contribution in [0.5, 0.6) is 0 Å². The van der Waals surface area contributed by atoms with Gasteiger partial charge in [0, 0.05) is 12.0 Å². The van der Waals surface area contributed by atoms with E-state index in [1.807, 2.05) is 85.8 Å². The number of aryl methyl sites for hydroxylation is 1. The third-order valence-corrected chi connectivity index (χ3v) is 6.89. The first-order chi connectivity index (χ1) is 18.5. The molecule has 1 saturated carbocycles. The molecule has 4 aromatic rings. The van der Waals surface area contributed by atoms with E-state index in [0.717, 1.165) is 40.7 Å². The van der Waals surface area contributed by atoms with E-state index < -0.39 is 11.5 Å². The summed E-state index contributed by atoms with van der Waals surface area (Å²) in [6, 6.07) is 25.8. The van der Waals surface area contributed by atoms with E-state index in [4.69, 9.17) is 14.0 Å². The molecule has 1 aliphatic carbocycles. The lowest BCUT2D eigenvalue weighted by molar-refractivity contribution is -0.146. The first-order valence-electron chi connectivity index (χ1n) is 12.8. The summed E-state index contributed by atoms with van der Waals surface area (Å²) in [5, 5.41) is 6.82. The average Bonchev–Trinajstić information content (AvgIpc) is 3.69. The van der Waals surface area contributed by atoms with Gasteiger partial charge in [-0.3, -0.25) is 10.1 Å². The predicted octanol–water partition coefficient (Wildman–Crippen LogP) is 6.70. The van der Waals surface area contributed by atoms with Crippen molar-refractivity contribution in [1.82, 2.24) is 5.16 Å². The molecular formula is C31H30N2O5. The molecule has 0 spiro atoms. The Morgan fingerprint density at radius 2 is 1.53 bits per heavy atom. The number of rotatable bonds is 9. The molecule has 0 unspecified atom stereocenters. The maximum Gasteiger partial charge on any atom is 0.411 e. The van der Waals surface area contributed by atoms with Crippen molar-refractivity contribution in [2.24, 2.45) is 0 Å². The Kier molecular flexibility index (Phi) is 7.26. The summed E-state index contributed by atoms with van der Waals surface area (Å²) in [6.07, 6.45) is 1.73. The zero-order valence-electron chi connectivity index (χ0n) is 21.5. The van der Waals surface area contributed by atoms with E-state index in [-0.39, 0.29) is 12.6 Å². The van der Waals surface area contributed by atoms with Gasteiger partial charge in [-0.1, -0.05) is 84.0 Å². The highest BCUT2D eigenvalue weighted by Gasteiger charge is 2.52. The summed E-state index contributed by atoms with van der Waals surface area (Å²) >= 11 is 0. The van der Waals surface area contributed by atoms with E-state index in [1.165, 1.54) is 0 Å². The molecule has 7 heteroatoms. The van der Waals surface area contributed by atoms with Gasteiger partial charge in [-0.2, -0.15) is 0 Å². The molecule has 194 valence electrons. The number of aromatic nitrogens is 1. The fourth-order valence-corrected chi connectivity index (χ4v) is 4.56. The predicted molar refractivity (Wildman–Crippen MR) is 145 cm³/mol. The zero-order valence-corrected chi connectivity index (χ0v) is 21.5. The molecule has 3 aromatic carbocycles. The van der Waals surface area contributed by atoms with Crippen molar-refractivity contribution in [3.8, 4) is 22.5 Å². The summed E-state index contributed by atoms with van der Waals surface area (Å²) < 4.78 is 16.2. The molecule has 0 radical (unpaired) electrons. The summed E-state index contributed by atoms with van der Waals surface area (Å²) in [5.74, 6) is 0.332. The Hall–Kier alpha value is -4.39. The monoisotopic (exact) mass is 510 g/mol. The second kappa shape index (κ2) is 10.9. The smallest absolute Gasteiger partial charge is 0.411 e. The van der Waals surface area contributed by atoms with E-state index in [1.54, 1.807) is 6.92 Å². The number of anilines is 1. The lowest BCUT2D eigenvalue weighted by Crippen LogP contribution is -2.23.